The molecule has 130 valence electrons. The Kier molecular flexibility index (Phi) is 6.09. The van der Waals surface area contributed by atoms with Gasteiger partial charge >= 0.3 is 0 Å². The standard InChI is InChI=1S/C16H16Cl2FNO3S/c1-3-20(10-11-7-8-15(23-2)14(19)9-11)24(21,22)16-12(17)5-4-6-13(16)18/h4-9H,3,10H2,1-2H3. The highest BCUT2D eigenvalue weighted by Gasteiger charge is 2.28. The van der Waals surface area contributed by atoms with E-state index in [4.69, 9.17) is 27.9 Å². The smallest absolute Gasteiger partial charge is 0.246 e. The number of methoxy groups -OCH3 is 1. The first-order valence-corrected chi connectivity index (χ1v) is 9.27. The third kappa shape index (κ3) is 3.83. The molecule has 0 N–H and O–H groups in total. The number of nitrogens with zero attached hydrogens (tertiary/aromatic N) is 1. The Hall–Kier alpha value is -1.34. The molecule has 2 aromatic carbocycles. The van der Waals surface area contributed by atoms with E-state index >= 15 is 0 Å². The Morgan fingerprint density at radius 2 is 1.79 bits per heavy atom. The molecule has 0 radical (unpaired) electrons. The van der Waals surface area contributed by atoms with Gasteiger partial charge in [0.05, 0.1) is 17.2 Å². The second kappa shape index (κ2) is 7.70. The quantitative estimate of drug-likeness (QED) is 0.734. The number of hydrogen-bond acceptors (Lipinski definition) is 3. The zero-order valence-corrected chi connectivity index (χ0v) is 15.4. The van der Waals surface area contributed by atoms with Crippen LogP contribution in [0.5, 0.6) is 5.75 Å². The van der Waals surface area contributed by atoms with Gasteiger partial charge in [-0.05, 0) is 29.8 Å². The predicted octanol–water partition coefficient (Wildman–Crippen LogP) is 4.35. The fourth-order valence-corrected chi connectivity index (χ4v) is 4.77. The minimum absolute atomic E-state index is 0.0126. The van der Waals surface area contributed by atoms with Crippen molar-refractivity contribution in [3.05, 3.63) is 57.8 Å². The summed E-state index contributed by atoms with van der Waals surface area (Å²) < 4.78 is 45.6. The Labute approximate surface area is 150 Å². The highest BCUT2D eigenvalue weighted by molar-refractivity contribution is 7.89. The van der Waals surface area contributed by atoms with Crippen LogP contribution in [-0.2, 0) is 16.6 Å². The average Bonchev–Trinajstić information content (AvgIpc) is 2.52. The maximum Gasteiger partial charge on any atom is 0.246 e. The lowest BCUT2D eigenvalue weighted by molar-refractivity contribution is 0.384. The van der Waals surface area contributed by atoms with Crippen molar-refractivity contribution in [1.29, 1.82) is 0 Å². The molecular weight excluding hydrogens is 376 g/mol. The van der Waals surface area contributed by atoms with E-state index in [0.717, 1.165) is 0 Å². The molecule has 0 saturated heterocycles. The molecule has 2 aromatic rings. The molecule has 4 nitrogen and oxygen atoms in total. The van der Waals surface area contributed by atoms with Gasteiger partial charge in [0.15, 0.2) is 11.6 Å². The highest BCUT2D eigenvalue weighted by Crippen LogP contribution is 2.32. The molecule has 0 aromatic heterocycles. The second-order valence-corrected chi connectivity index (χ2v) is 7.64. The second-order valence-electron chi connectivity index (χ2n) is 4.95. The monoisotopic (exact) mass is 391 g/mol. The molecule has 0 heterocycles. The molecule has 0 aliphatic heterocycles. The van der Waals surface area contributed by atoms with Crippen molar-refractivity contribution in [1.82, 2.24) is 4.31 Å². The number of rotatable bonds is 6. The zero-order chi connectivity index (χ0) is 17.9. The maximum atomic E-state index is 13.8. The number of ether oxygens (including phenoxy) is 1. The molecule has 0 aliphatic rings. The van der Waals surface area contributed by atoms with Crippen molar-refractivity contribution < 1.29 is 17.5 Å². The van der Waals surface area contributed by atoms with Gasteiger partial charge in [-0.15, -0.1) is 0 Å². The van der Waals surface area contributed by atoms with Gasteiger partial charge in [-0.1, -0.05) is 42.3 Å². The van der Waals surface area contributed by atoms with Gasteiger partial charge < -0.3 is 4.74 Å². The zero-order valence-electron chi connectivity index (χ0n) is 13.1. The van der Waals surface area contributed by atoms with E-state index in [9.17, 15) is 12.8 Å². The largest absolute Gasteiger partial charge is 0.494 e. The van der Waals surface area contributed by atoms with Gasteiger partial charge in [-0.2, -0.15) is 4.31 Å². The van der Waals surface area contributed by atoms with Crippen molar-refractivity contribution >= 4 is 33.2 Å². The van der Waals surface area contributed by atoms with Crippen LogP contribution in [0.3, 0.4) is 0 Å². The SMILES string of the molecule is CCN(Cc1ccc(OC)c(F)c1)S(=O)(=O)c1c(Cl)cccc1Cl. The average molecular weight is 392 g/mol. The van der Waals surface area contributed by atoms with Crippen LogP contribution >= 0.6 is 23.2 Å². The van der Waals surface area contributed by atoms with Crippen molar-refractivity contribution in [2.24, 2.45) is 0 Å². The van der Waals surface area contributed by atoms with Crippen LogP contribution in [0.15, 0.2) is 41.3 Å². The Bertz CT molecular complexity index is 823. The highest BCUT2D eigenvalue weighted by atomic mass is 35.5. The molecule has 0 spiro atoms. The summed E-state index contributed by atoms with van der Waals surface area (Å²) in [4.78, 5) is -0.149. The summed E-state index contributed by atoms with van der Waals surface area (Å²) in [6, 6.07) is 8.79. The summed E-state index contributed by atoms with van der Waals surface area (Å²) in [6.07, 6.45) is 0. The van der Waals surface area contributed by atoms with Crippen molar-refractivity contribution in [2.45, 2.75) is 18.4 Å². The third-order valence-corrected chi connectivity index (χ3v) is 6.32. The molecule has 0 amide bonds. The number of hydrogen-bond donors (Lipinski definition) is 0. The predicted molar refractivity (Wildman–Crippen MR) is 92.7 cm³/mol. The van der Waals surface area contributed by atoms with Gasteiger partial charge in [0.2, 0.25) is 10.0 Å². The lowest BCUT2D eigenvalue weighted by atomic mass is 10.2. The van der Waals surface area contributed by atoms with E-state index in [-0.39, 0.29) is 33.8 Å². The Morgan fingerprint density at radius 1 is 1.17 bits per heavy atom. The van der Waals surface area contributed by atoms with Crippen LogP contribution in [0.4, 0.5) is 4.39 Å². The maximum absolute atomic E-state index is 13.8. The van der Waals surface area contributed by atoms with Crippen LogP contribution in [0.2, 0.25) is 10.0 Å². The van der Waals surface area contributed by atoms with Crippen LogP contribution in [0, 0.1) is 5.82 Å². The van der Waals surface area contributed by atoms with Gasteiger partial charge in [-0.3, -0.25) is 0 Å². The number of benzene rings is 2. The summed E-state index contributed by atoms with van der Waals surface area (Å²) in [5.41, 5.74) is 0.488. The van der Waals surface area contributed by atoms with Crippen LogP contribution < -0.4 is 4.74 Å². The van der Waals surface area contributed by atoms with Crippen LogP contribution in [0.25, 0.3) is 0 Å². The summed E-state index contributed by atoms with van der Waals surface area (Å²) >= 11 is 12.0. The summed E-state index contributed by atoms with van der Waals surface area (Å²) in [6.45, 7) is 1.85. The molecule has 0 aliphatic carbocycles. The van der Waals surface area contributed by atoms with E-state index in [2.05, 4.69) is 0 Å². The molecular formula is C16H16Cl2FNO3S. The lowest BCUT2D eigenvalue weighted by Gasteiger charge is -2.22. The first-order valence-electron chi connectivity index (χ1n) is 7.07. The summed E-state index contributed by atoms with van der Waals surface area (Å²) in [5.74, 6) is -0.460. The minimum atomic E-state index is -3.92. The number of halogens is 3. The lowest BCUT2D eigenvalue weighted by Crippen LogP contribution is -2.31. The van der Waals surface area contributed by atoms with Gasteiger partial charge in [0, 0.05) is 13.1 Å². The molecule has 0 bridgehead atoms. The van der Waals surface area contributed by atoms with E-state index in [1.165, 1.54) is 35.7 Å². The van der Waals surface area contributed by atoms with Gasteiger partial charge in [0.1, 0.15) is 4.90 Å². The van der Waals surface area contributed by atoms with Crippen molar-refractivity contribution in [2.75, 3.05) is 13.7 Å². The molecule has 2 rings (SSSR count). The Balaban J connectivity index is 2.39. The summed E-state index contributed by atoms with van der Waals surface area (Å²) in [5, 5.41) is 0.0868. The van der Waals surface area contributed by atoms with Gasteiger partial charge in [-0.25, -0.2) is 12.8 Å². The fraction of sp³-hybridized carbons (Fsp3) is 0.250. The van der Waals surface area contributed by atoms with Crippen LogP contribution in [-0.4, -0.2) is 26.4 Å². The molecule has 0 fully saturated rings. The van der Waals surface area contributed by atoms with Crippen molar-refractivity contribution in [3.8, 4) is 5.75 Å². The molecule has 0 saturated carbocycles. The molecule has 0 atom stereocenters. The third-order valence-electron chi connectivity index (χ3n) is 3.44. The first kappa shape index (κ1) is 19.0. The molecule has 0 unspecified atom stereocenters. The van der Waals surface area contributed by atoms with E-state index < -0.39 is 15.8 Å². The molecule has 24 heavy (non-hydrogen) atoms. The normalized spacial score (nSPS) is 11.8. The van der Waals surface area contributed by atoms with Gasteiger partial charge in [0.25, 0.3) is 0 Å². The molecule has 8 heteroatoms. The van der Waals surface area contributed by atoms with E-state index in [0.29, 0.717) is 5.56 Å². The fourth-order valence-electron chi connectivity index (χ4n) is 2.24. The topological polar surface area (TPSA) is 46.6 Å². The van der Waals surface area contributed by atoms with Crippen LogP contribution in [0.1, 0.15) is 12.5 Å². The Morgan fingerprint density at radius 3 is 2.29 bits per heavy atom. The van der Waals surface area contributed by atoms with E-state index in [1.807, 2.05) is 0 Å². The number of sulfonamides is 1. The minimum Gasteiger partial charge on any atom is -0.494 e. The van der Waals surface area contributed by atoms with Crippen molar-refractivity contribution in [3.63, 3.8) is 0 Å². The first-order chi connectivity index (χ1) is 11.3. The summed E-state index contributed by atoms with van der Waals surface area (Å²) in [7, 11) is -2.56. The van der Waals surface area contributed by atoms with E-state index in [1.54, 1.807) is 19.1 Å².